The Morgan fingerprint density at radius 2 is 1.69 bits per heavy atom. The van der Waals surface area contributed by atoms with Crippen molar-refractivity contribution in [3.63, 3.8) is 0 Å². The second kappa shape index (κ2) is 5.06. The first-order chi connectivity index (χ1) is 6.27. The predicted molar refractivity (Wildman–Crippen MR) is 59.7 cm³/mol. The zero-order valence-electron chi connectivity index (χ0n) is 9.01. The van der Waals surface area contributed by atoms with Gasteiger partial charge in [-0.25, -0.2) is 0 Å². The van der Waals surface area contributed by atoms with Crippen LogP contribution in [0.25, 0.3) is 0 Å². The summed E-state index contributed by atoms with van der Waals surface area (Å²) < 4.78 is 0. The van der Waals surface area contributed by atoms with Crippen LogP contribution in [0.4, 0.5) is 0 Å². The third kappa shape index (κ3) is 2.87. The zero-order valence-corrected chi connectivity index (χ0v) is 9.01. The minimum atomic E-state index is 0.593. The van der Waals surface area contributed by atoms with Gasteiger partial charge in [0.25, 0.3) is 0 Å². The second-order valence-electron chi connectivity index (χ2n) is 3.73. The van der Waals surface area contributed by atoms with Crippen LogP contribution in [0.15, 0.2) is 35.5 Å². The molecule has 0 N–H and O–H groups in total. The highest BCUT2D eigenvalue weighted by molar-refractivity contribution is 5.36. The van der Waals surface area contributed by atoms with Crippen molar-refractivity contribution in [3.8, 4) is 0 Å². The van der Waals surface area contributed by atoms with Crippen molar-refractivity contribution in [1.29, 1.82) is 0 Å². The number of rotatable bonds is 3. The van der Waals surface area contributed by atoms with E-state index in [2.05, 4.69) is 45.1 Å². The Kier molecular flexibility index (Phi) is 4.01. The van der Waals surface area contributed by atoms with Crippen molar-refractivity contribution in [2.45, 2.75) is 40.0 Å². The number of hydrogen-bond donors (Lipinski definition) is 0. The summed E-state index contributed by atoms with van der Waals surface area (Å²) in [4.78, 5) is 0. The van der Waals surface area contributed by atoms with Crippen molar-refractivity contribution in [1.82, 2.24) is 0 Å². The molecule has 0 spiro atoms. The van der Waals surface area contributed by atoms with Gasteiger partial charge in [-0.2, -0.15) is 0 Å². The summed E-state index contributed by atoms with van der Waals surface area (Å²) in [7, 11) is 0. The molecule has 0 aliphatic heterocycles. The molecule has 0 aromatic carbocycles. The summed E-state index contributed by atoms with van der Waals surface area (Å²) in [6.45, 7) is 6.71. The van der Waals surface area contributed by atoms with E-state index in [1.54, 1.807) is 0 Å². The third-order valence-corrected chi connectivity index (χ3v) is 2.51. The van der Waals surface area contributed by atoms with E-state index in [1.807, 2.05) is 0 Å². The molecule has 1 aliphatic carbocycles. The number of allylic oxidation sites excluding steroid dienone is 6. The SMILES string of the molecule is CCCC1=C(CC)C=CC(C)C=C1. The first-order valence-corrected chi connectivity index (χ1v) is 5.36. The van der Waals surface area contributed by atoms with Gasteiger partial charge in [-0.05, 0) is 29.9 Å². The molecule has 0 aromatic rings. The van der Waals surface area contributed by atoms with Gasteiger partial charge in [0.2, 0.25) is 0 Å². The van der Waals surface area contributed by atoms with Crippen molar-refractivity contribution < 1.29 is 0 Å². The van der Waals surface area contributed by atoms with Crippen LogP contribution in [0.2, 0.25) is 0 Å². The average molecular weight is 176 g/mol. The van der Waals surface area contributed by atoms with Crippen LogP contribution in [0, 0.1) is 5.92 Å². The summed E-state index contributed by atoms with van der Waals surface area (Å²) >= 11 is 0. The summed E-state index contributed by atoms with van der Waals surface area (Å²) in [5.74, 6) is 0.593. The van der Waals surface area contributed by atoms with Gasteiger partial charge < -0.3 is 0 Å². The predicted octanol–water partition coefficient (Wildman–Crippen LogP) is 4.26. The molecule has 1 atom stereocenters. The molecule has 0 fully saturated rings. The van der Waals surface area contributed by atoms with E-state index in [-0.39, 0.29) is 0 Å². The summed E-state index contributed by atoms with van der Waals surface area (Å²) in [5.41, 5.74) is 3.05. The molecule has 0 radical (unpaired) electrons. The van der Waals surface area contributed by atoms with Crippen molar-refractivity contribution in [3.05, 3.63) is 35.5 Å². The smallest absolute Gasteiger partial charge is 0.00754 e. The highest BCUT2D eigenvalue weighted by Crippen LogP contribution is 2.21. The first-order valence-electron chi connectivity index (χ1n) is 5.36. The van der Waals surface area contributed by atoms with Gasteiger partial charge in [0.1, 0.15) is 0 Å². The normalized spacial score (nSPS) is 22.2. The minimum Gasteiger partial charge on any atom is -0.0776 e. The summed E-state index contributed by atoms with van der Waals surface area (Å²) in [5, 5.41) is 0. The zero-order chi connectivity index (χ0) is 9.68. The molecule has 0 amide bonds. The van der Waals surface area contributed by atoms with Crippen LogP contribution < -0.4 is 0 Å². The van der Waals surface area contributed by atoms with Gasteiger partial charge >= 0.3 is 0 Å². The molecule has 1 unspecified atom stereocenters. The summed E-state index contributed by atoms with van der Waals surface area (Å²) in [6, 6.07) is 0. The lowest BCUT2D eigenvalue weighted by Crippen LogP contribution is -1.84. The van der Waals surface area contributed by atoms with Gasteiger partial charge in [0.05, 0.1) is 0 Å². The van der Waals surface area contributed by atoms with E-state index >= 15 is 0 Å². The molecule has 0 heteroatoms. The van der Waals surface area contributed by atoms with Gasteiger partial charge in [0, 0.05) is 0 Å². The third-order valence-electron chi connectivity index (χ3n) is 2.51. The van der Waals surface area contributed by atoms with Gasteiger partial charge in [0.15, 0.2) is 0 Å². The second-order valence-corrected chi connectivity index (χ2v) is 3.73. The topological polar surface area (TPSA) is 0 Å². The molecule has 13 heavy (non-hydrogen) atoms. The summed E-state index contributed by atoms with van der Waals surface area (Å²) in [6.07, 6.45) is 12.8. The molecule has 1 rings (SSSR count). The lowest BCUT2D eigenvalue weighted by Gasteiger charge is -2.04. The maximum Gasteiger partial charge on any atom is -0.00754 e. The van der Waals surface area contributed by atoms with E-state index in [0.29, 0.717) is 5.92 Å². The quantitative estimate of drug-likeness (QED) is 0.603. The maximum atomic E-state index is 2.31. The molecule has 0 bridgehead atoms. The molecule has 0 saturated heterocycles. The van der Waals surface area contributed by atoms with E-state index in [9.17, 15) is 0 Å². The Morgan fingerprint density at radius 3 is 2.23 bits per heavy atom. The van der Waals surface area contributed by atoms with Crippen LogP contribution in [0.3, 0.4) is 0 Å². The van der Waals surface area contributed by atoms with Gasteiger partial charge in [-0.1, -0.05) is 51.5 Å². The molecule has 72 valence electrons. The van der Waals surface area contributed by atoms with Crippen molar-refractivity contribution in [2.24, 2.45) is 5.92 Å². The molecule has 0 heterocycles. The monoisotopic (exact) mass is 176 g/mol. The van der Waals surface area contributed by atoms with Crippen LogP contribution in [-0.4, -0.2) is 0 Å². The maximum absolute atomic E-state index is 2.31. The standard InChI is InChI=1S/C13H20/c1-4-6-13-10-8-11(3)7-9-12(13)5-2/h7-11H,4-6H2,1-3H3. The van der Waals surface area contributed by atoms with E-state index < -0.39 is 0 Å². The van der Waals surface area contributed by atoms with E-state index in [4.69, 9.17) is 0 Å². The minimum absolute atomic E-state index is 0.593. The van der Waals surface area contributed by atoms with Crippen LogP contribution in [0.5, 0.6) is 0 Å². The fourth-order valence-electron chi connectivity index (χ4n) is 1.67. The van der Waals surface area contributed by atoms with Crippen molar-refractivity contribution >= 4 is 0 Å². The first kappa shape index (κ1) is 10.3. The molecular formula is C13H20. The lowest BCUT2D eigenvalue weighted by atomic mass is 10.0. The van der Waals surface area contributed by atoms with Crippen molar-refractivity contribution in [2.75, 3.05) is 0 Å². The van der Waals surface area contributed by atoms with Crippen LogP contribution in [-0.2, 0) is 0 Å². The Bertz CT molecular complexity index is 241. The largest absolute Gasteiger partial charge is 0.0776 e. The fraction of sp³-hybridized carbons (Fsp3) is 0.538. The lowest BCUT2D eigenvalue weighted by molar-refractivity contribution is 0.904. The highest BCUT2D eigenvalue weighted by atomic mass is 14.1. The highest BCUT2D eigenvalue weighted by Gasteiger charge is 2.03. The van der Waals surface area contributed by atoms with Crippen LogP contribution >= 0.6 is 0 Å². The Morgan fingerprint density at radius 1 is 1.08 bits per heavy atom. The Hall–Kier alpha value is -0.780. The molecule has 0 saturated carbocycles. The van der Waals surface area contributed by atoms with Gasteiger partial charge in [-0.15, -0.1) is 0 Å². The Balaban J connectivity index is 2.87. The average Bonchev–Trinajstić information content (AvgIpc) is 2.30. The number of hydrogen-bond acceptors (Lipinski definition) is 0. The molecule has 0 nitrogen and oxygen atoms in total. The van der Waals surface area contributed by atoms with Crippen LogP contribution in [0.1, 0.15) is 40.0 Å². The molecule has 1 aliphatic rings. The fourth-order valence-corrected chi connectivity index (χ4v) is 1.67. The Labute approximate surface area is 82.0 Å². The van der Waals surface area contributed by atoms with E-state index in [0.717, 1.165) is 6.42 Å². The molecular weight excluding hydrogens is 156 g/mol. The molecule has 0 aromatic heterocycles. The van der Waals surface area contributed by atoms with E-state index in [1.165, 1.54) is 24.0 Å². The van der Waals surface area contributed by atoms with Gasteiger partial charge in [-0.3, -0.25) is 0 Å².